The molecule has 2 heterocycles. The number of nitrogens with zero attached hydrogens (tertiary/aromatic N) is 1. The molecule has 1 fully saturated rings. The molecule has 2 aliphatic rings. The van der Waals surface area contributed by atoms with Gasteiger partial charge in [-0.25, -0.2) is 9.59 Å². The summed E-state index contributed by atoms with van der Waals surface area (Å²) < 4.78 is 35.7. The largest absolute Gasteiger partial charge is 0.497 e. The van der Waals surface area contributed by atoms with Gasteiger partial charge in [0.05, 0.1) is 31.1 Å². The van der Waals surface area contributed by atoms with Crippen molar-refractivity contribution in [2.24, 2.45) is 11.8 Å². The molecule has 1 amide bonds. The molecular weight excluding hydrogens is 638 g/mol. The molecular formula is C40H55NO9. The molecule has 0 aromatic heterocycles. The third-order valence-corrected chi connectivity index (χ3v) is 8.62. The standard InChI is InChI=1S/C40H55NO9/c1-12-41(37(44)50-38(4,5)6)30-23-28(34-33(24-30)47-40(9,10)49-36(34)43)14-13-15-32-35(48-39(7,8)46-32)29(19-16-25(2)26(3)42)22-27-17-20-31(45-11)21-18-27/h13-14,16-21,23-26,29,32,35,42H,12,15,22H2,1-11H3/b14-13-,19-16+/t25?,26-,29-,32-,35?/m0/s1. The number of amides is 1. The Morgan fingerprint density at radius 2 is 1.70 bits per heavy atom. The highest BCUT2D eigenvalue weighted by Gasteiger charge is 2.44. The minimum absolute atomic E-state index is 0.0455. The van der Waals surface area contributed by atoms with Gasteiger partial charge in [-0.2, -0.15) is 0 Å². The summed E-state index contributed by atoms with van der Waals surface area (Å²) in [6.45, 7) is 18.5. The topological polar surface area (TPSA) is 113 Å². The lowest BCUT2D eigenvalue weighted by Gasteiger charge is -2.33. The lowest BCUT2D eigenvalue weighted by Crippen LogP contribution is -2.40. The van der Waals surface area contributed by atoms with Crippen molar-refractivity contribution in [2.75, 3.05) is 18.6 Å². The number of aliphatic hydroxyl groups is 1. The number of ether oxygens (including phenoxy) is 6. The minimum atomic E-state index is -1.18. The van der Waals surface area contributed by atoms with Gasteiger partial charge < -0.3 is 33.5 Å². The second-order valence-electron chi connectivity index (χ2n) is 15.0. The average Bonchev–Trinajstić information content (AvgIpc) is 3.31. The first-order valence-electron chi connectivity index (χ1n) is 17.4. The van der Waals surface area contributed by atoms with Gasteiger partial charge in [-0.1, -0.05) is 43.4 Å². The number of cyclic esters (lactones) is 1. The van der Waals surface area contributed by atoms with Crippen molar-refractivity contribution < 1.29 is 43.1 Å². The van der Waals surface area contributed by atoms with Crippen molar-refractivity contribution in [1.29, 1.82) is 0 Å². The van der Waals surface area contributed by atoms with E-state index in [0.29, 0.717) is 36.4 Å². The van der Waals surface area contributed by atoms with Crippen LogP contribution in [0.2, 0.25) is 0 Å². The van der Waals surface area contributed by atoms with Crippen molar-refractivity contribution in [3.63, 3.8) is 0 Å². The number of aliphatic hydroxyl groups excluding tert-OH is 1. The summed E-state index contributed by atoms with van der Waals surface area (Å²) in [6, 6.07) is 11.4. The zero-order chi connectivity index (χ0) is 37.0. The number of rotatable bonds is 12. The monoisotopic (exact) mass is 693 g/mol. The summed E-state index contributed by atoms with van der Waals surface area (Å²) in [4.78, 5) is 28.0. The molecule has 2 aromatic carbocycles. The normalized spacial score (nSPS) is 21.6. The third-order valence-electron chi connectivity index (χ3n) is 8.62. The quantitative estimate of drug-likeness (QED) is 0.174. The average molecular weight is 694 g/mol. The van der Waals surface area contributed by atoms with E-state index >= 15 is 0 Å². The number of fused-ring (bicyclic) bond motifs is 1. The van der Waals surface area contributed by atoms with Crippen molar-refractivity contribution in [2.45, 2.75) is 118 Å². The summed E-state index contributed by atoms with van der Waals surface area (Å²) in [6.07, 6.45) is 7.46. The number of esters is 1. The van der Waals surface area contributed by atoms with Crippen molar-refractivity contribution in [3.05, 3.63) is 71.3 Å². The summed E-state index contributed by atoms with van der Waals surface area (Å²) in [5, 5.41) is 10.2. The van der Waals surface area contributed by atoms with Crippen LogP contribution in [0.4, 0.5) is 10.5 Å². The van der Waals surface area contributed by atoms with Crippen LogP contribution in [-0.2, 0) is 25.4 Å². The Labute approximate surface area is 297 Å². The molecule has 2 unspecified atom stereocenters. The van der Waals surface area contributed by atoms with Gasteiger partial charge in [0, 0.05) is 32.4 Å². The minimum Gasteiger partial charge on any atom is -0.497 e. The van der Waals surface area contributed by atoms with Gasteiger partial charge in [-0.3, -0.25) is 4.90 Å². The SMILES string of the molecule is CCN(C(=O)OC(C)(C)C)c1cc(/C=C\C[C@@H]2OC(C)(C)OC2[C@@H](/C=C/C(C)[C@H](C)O)Cc2ccc(OC)cc2)c2c(c1)OC(C)(C)OC2=O. The van der Waals surface area contributed by atoms with Gasteiger partial charge in [-0.05, 0) is 96.6 Å². The molecule has 0 aliphatic carbocycles. The van der Waals surface area contributed by atoms with Crippen LogP contribution in [0.5, 0.6) is 11.5 Å². The van der Waals surface area contributed by atoms with Gasteiger partial charge in [0.2, 0.25) is 5.79 Å². The van der Waals surface area contributed by atoms with Gasteiger partial charge in [0.25, 0.3) is 0 Å². The molecule has 274 valence electrons. The van der Waals surface area contributed by atoms with Crippen LogP contribution in [0.1, 0.15) is 97.1 Å². The van der Waals surface area contributed by atoms with E-state index in [-0.39, 0.29) is 29.6 Å². The number of anilines is 1. The lowest BCUT2D eigenvalue weighted by molar-refractivity contribution is -0.148. The Bertz CT molecular complexity index is 1550. The van der Waals surface area contributed by atoms with E-state index in [4.69, 9.17) is 28.4 Å². The van der Waals surface area contributed by atoms with Crippen LogP contribution >= 0.6 is 0 Å². The number of methoxy groups -OCH3 is 1. The van der Waals surface area contributed by atoms with Gasteiger partial charge in [0.1, 0.15) is 22.7 Å². The molecule has 0 saturated carbocycles. The molecule has 1 N–H and O–H groups in total. The number of carbonyl (C=O) groups is 2. The van der Waals surface area contributed by atoms with Crippen LogP contribution < -0.4 is 14.4 Å². The van der Waals surface area contributed by atoms with E-state index in [0.717, 1.165) is 11.3 Å². The van der Waals surface area contributed by atoms with E-state index in [9.17, 15) is 14.7 Å². The maximum Gasteiger partial charge on any atom is 0.414 e. The van der Waals surface area contributed by atoms with Crippen LogP contribution in [0, 0.1) is 11.8 Å². The molecule has 0 spiro atoms. The predicted molar refractivity (Wildman–Crippen MR) is 193 cm³/mol. The highest BCUT2D eigenvalue weighted by Crippen LogP contribution is 2.40. The molecule has 0 bridgehead atoms. The zero-order valence-electron chi connectivity index (χ0n) is 31.4. The second-order valence-corrected chi connectivity index (χ2v) is 15.0. The fraction of sp³-hybridized carbons (Fsp3) is 0.550. The Morgan fingerprint density at radius 1 is 1.02 bits per heavy atom. The first kappa shape index (κ1) is 38.9. The molecule has 2 aromatic rings. The first-order valence-corrected chi connectivity index (χ1v) is 17.4. The molecule has 1 saturated heterocycles. The van der Waals surface area contributed by atoms with Crippen molar-refractivity contribution in [3.8, 4) is 11.5 Å². The maximum atomic E-state index is 13.3. The van der Waals surface area contributed by atoms with Crippen LogP contribution in [0.25, 0.3) is 6.08 Å². The number of hydrogen-bond acceptors (Lipinski definition) is 9. The smallest absolute Gasteiger partial charge is 0.414 e. The van der Waals surface area contributed by atoms with Crippen molar-refractivity contribution in [1.82, 2.24) is 0 Å². The highest BCUT2D eigenvalue weighted by atomic mass is 16.8. The summed E-state index contributed by atoms with van der Waals surface area (Å²) in [5.74, 6) is -1.54. The molecule has 2 aliphatic heterocycles. The molecule has 50 heavy (non-hydrogen) atoms. The fourth-order valence-corrected chi connectivity index (χ4v) is 6.05. The Hall–Kier alpha value is -3.86. The Balaban J connectivity index is 1.68. The van der Waals surface area contributed by atoms with E-state index < -0.39 is 35.3 Å². The van der Waals surface area contributed by atoms with Crippen LogP contribution in [0.3, 0.4) is 0 Å². The highest BCUT2D eigenvalue weighted by molar-refractivity contribution is 6.00. The summed E-state index contributed by atoms with van der Waals surface area (Å²) in [7, 11) is 1.64. The van der Waals surface area contributed by atoms with Gasteiger partial charge in [0.15, 0.2) is 5.79 Å². The van der Waals surface area contributed by atoms with E-state index in [1.54, 1.807) is 40.0 Å². The number of hydrogen-bond donors (Lipinski definition) is 1. The molecule has 0 radical (unpaired) electrons. The summed E-state index contributed by atoms with van der Waals surface area (Å²) in [5.41, 5.74) is 1.77. The fourth-order valence-electron chi connectivity index (χ4n) is 6.05. The third kappa shape index (κ3) is 10.1. The zero-order valence-corrected chi connectivity index (χ0v) is 31.4. The van der Waals surface area contributed by atoms with E-state index in [1.807, 2.05) is 91.0 Å². The number of carbonyl (C=O) groups excluding carboxylic acids is 2. The maximum absolute atomic E-state index is 13.3. The predicted octanol–water partition coefficient (Wildman–Crippen LogP) is 8.10. The van der Waals surface area contributed by atoms with Gasteiger partial charge in [-0.15, -0.1) is 0 Å². The molecule has 10 nitrogen and oxygen atoms in total. The first-order chi connectivity index (χ1) is 23.3. The number of benzene rings is 2. The van der Waals surface area contributed by atoms with Crippen molar-refractivity contribution >= 4 is 23.8 Å². The van der Waals surface area contributed by atoms with Gasteiger partial charge >= 0.3 is 12.1 Å². The van der Waals surface area contributed by atoms with E-state index in [2.05, 4.69) is 6.08 Å². The molecule has 10 heteroatoms. The Morgan fingerprint density at radius 3 is 2.30 bits per heavy atom. The molecule has 5 atom stereocenters. The van der Waals surface area contributed by atoms with Crippen LogP contribution in [0.15, 0.2) is 54.6 Å². The van der Waals surface area contributed by atoms with E-state index in [1.165, 1.54) is 4.90 Å². The second kappa shape index (κ2) is 15.6. The summed E-state index contributed by atoms with van der Waals surface area (Å²) >= 11 is 0. The Kier molecular flexibility index (Phi) is 12.1. The molecule has 4 rings (SSSR count). The van der Waals surface area contributed by atoms with Crippen LogP contribution in [-0.4, -0.2) is 66.3 Å². The lowest BCUT2D eigenvalue weighted by atomic mass is 9.88.